The first-order valence-electron chi connectivity index (χ1n) is 8.08. The van der Waals surface area contributed by atoms with Crippen LogP contribution < -0.4 is 11.2 Å². The Morgan fingerprint density at radius 3 is 2.26 bits per heavy atom. The van der Waals surface area contributed by atoms with Gasteiger partial charge in [0.2, 0.25) is 0 Å². The Morgan fingerprint density at radius 1 is 1.22 bits per heavy atom. The number of ketones is 1. The molecule has 128 valence electrons. The molecule has 1 aromatic carbocycles. The lowest BCUT2D eigenvalue weighted by molar-refractivity contribution is -0.120. The number of nitrogens with two attached hydrogens (primary N) is 1. The Labute approximate surface area is 140 Å². The van der Waals surface area contributed by atoms with Crippen molar-refractivity contribution in [2.24, 2.45) is 21.9 Å². The van der Waals surface area contributed by atoms with E-state index in [1.54, 1.807) is 6.21 Å². The molecule has 0 radical (unpaired) electrons. The Kier molecular flexibility index (Phi) is 11.4. The van der Waals surface area contributed by atoms with Gasteiger partial charge in [0, 0.05) is 25.1 Å². The molecule has 0 aliphatic carbocycles. The Hall–Kier alpha value is -2.01. The molecule has 0 saturated carbocycles. The van der Waals surface area contributed by atoms with Crippen molar-refractivity contribution >= 4 is 17.7 Å². The lowest BCUT2D eigenvalue weighted by Crippen LogP contribution is -2.13. The van der Waals surface area contributed by atoms with Crippen molar-refractivity contribution in [2.45, 2.75) is 40.7 Å². The summed E-state index contributed by atoms with van der Waals surface area (Å²) in [7, 11) is 1.92. The summed E-state index contributed by atoms with van der Waals surface area (Å²) in [6.07, 6.45) is 2.19. The van der Waals surface area contributed by atoms with Crippen LogP contribution in [0.2, 0.25) is 0 Å². The molecule has 0 spiro atoms. The number of hydrogen-bond acceptors (Lipinski definition) is 5. The molecule has 1 aromatic rings. The average molecular weight is 318 g/mol. The standard InChI is InChI=1S/C16H24N4O.C2H6/c1-12(2)16(21)11-19-10-15(20-17)8-13-4-6-14(7-5-13)9-18-3;1-2/h4-7,10,12,18H,8-9,11,17H2,1-3H3;1-2H3/b19-10?,20-15-;. The van der Waals surface area contributed by atoms with Gasteiger partial charge in [0.15, 0.2) is 5.78 Å². The molecule has 0 aliphatic rings. The largest absolute Gasteiger partial charge is 0.323 e. The lowest BCUT2D eigenvalue weighted by atomic mass is 10.1. The molecule has 0 bridgehead atoms. The third-order valence-electron chi connectivity index (χ3n) is 3.09. The van der Waals surface area contributed by atoms with Crippen molar-refractivity contribution in [1.82, 2.24) is 5.32 Å². The van der Waals surface area contributed by atoms with E-state index < -0.39 is 0 Å². The zero-order valence-corrected chi connectivity index (χ0v) is 15.0. The third-order valence-corrected chi connectivity index (χ3v) is 3.09. The van der Waals surface area contributed by atoms with Gasteiger partial charge < -0.3 is 11.2 Å². The number of hydrazone groups is 1. The van der Waals surface area contributed by atoms with Crippen LogP contribution in [-0.2, 0) is 17.8 Å². The normalized spacial score (nSPS) is 11.5. The summed E-state index contributed by atoms with van der Waals surface area (Å²) >= 11 is 0. The minimum absolute atomic E-state index is 0.000125. The topological polar surface area (TPSA) is 79.8 Å². The first-order valence-corrected chi connectivity index (χ1v) is 8.08. The third kappa shape index (κ3) is 8.88. The van der Waals surface area contributed by atoms with Gasteiger partial charge in [0.25, 0.3) is 0 Å². The fourth-order valence-electron chi connectivity index (χ4n) is 1.74. The predicted octanol–water partition coefficient (Wildman–Crippen LogP) is 2.59. The SMILES string of the molecule is CC.CNCc1ccc(C/C(C=NCC(=O)C(C)C)=N/N)cc1. The summed E-state index contributed by atoms with van der Waals surface area (Å²) in [4.78, 5) is 15.6. The van der Waals surface area contributed by atoms with Gasteiger partial charge in [-0.2, -0.15) is 5.10 Å². The van der Waals surface area contributed by atoms with Crippen LogP contribution in [0, 0.1) is 5.92 Å². The van der Waals surface area contributed by atoms with Gasteiger partial charge >= 0.3 is 0 Å². The molecule has 0 amide bonds. The number of nitrogens with one attached hydrogen (secondary N) is 1. The zero-order valence-electron chi connectivity index (χ0n) is 15.0. The molecule has 1 rings (SSSR count). The Morgan fingerprint density at radius 2 is 1.78 bits per heavy atom. The molecule has 0 atom stereocenters. The second-order valence-corrected chi connectivity index (χ2v) is 5.23. The van der Waals surface area contributed by atoms with Crippen LogP contribution in [-0.4, -0.2) is 31.3 Å². The quantitative estimate of drug-likeness (QED) is 0.439. The van der Waals surface area contributed by atoms with Crippen molar-refractivity contribution in [3.63, 3.8) is 0 Å². The van der Waals surface area contributed by atoms with Gasteiger partial charge in [-0.3, -0.25) is 9.79 Å². The molecular formula is C18H30N4O. The average Bonchev–Trinajstić information content (AvgIpc) is 2.57. The van der Waals surface area contributed by atoms with Crippen molar-refractivity contribution in [1.29, 1.82) is 0 Å². The van der Waals surface area contributed by atoms with Crippen LogP contribution in [0.25, 0.3) is 0 Å². The molecule has 0 aliphatic heterocycles. The van der Waals surface area contributed by atoms with Gasteiger partial charge in [0.1, 0.15) is 0 Å². The van der Waals surface area contributed by atoms with Crippen molar-refractivity contribution in [3.8, 4) is 0 Å². The summed E-state index contributed by atoms with van der Waals surface area (Å²) in [6.45, 7) is 8.75. The number of carbonyl (C=O) groups is 1. The fraction of sp³-hybridized carbons (Fsp3) is 0.500. The first-order chi connectivity index (χ1) is 11.1. The summed E-state index contributed by atoms with van der Waals surface area (Å²) in [5.41, 5.74) is 3.00. The van der Waals surface area contributed by atoms with Gasteiger partial charge in [0.05, 0.1) is 12.3 Å². The number of hydrogen-bond donors (Lipinski definition) is 2. The molecule has 3 N–H and O–H groups in total. The van der Waals surface area contributed by atoms with Crippen LogP contribution in [0.1, 0.15) is 38.8 Å². The van der Waals surface area contributed by atoms with Crippen LogP contribution in [0.4, 0.5) is 0 Å². The van der Waals surface area contributed by atoms with Gasteiger partial charge in [-0.15, -0.1) is 0 Å². The number of carbonyl (C=O) groups excluding carboxylic acids is 1. The van der Waals surface area contributed by atoms with Crippen LogP contribution in [0.3, 0.4) is 0 Å². The number of nitrogens with zero attached hydrogens (tertiary/aromatic N) is 2. The van der Waals surface area contributed by atoms with E-state index in [1.807, 2.05) is 46.9 Å². The van der Waals surface area contributed by atoms with Gasteiger partial charge in [-0.05, 0) is 18.2 Å². The molecule has 0 heterocycles. The monoisotopic (exact) mass is 318 g/mol. The van der Waals surface area contributed by atoms with E-state index in [0.717, 1.165) is 12.1 Å². The molecule has 5 heteroatoms. The maximum absolute atomic E-state index is 11.5. The highest BCUT2D eigenvalue weighted by molar-refractivity contribution is 6.31. The summed E-state index contributed by atoms with van der Waals surface area (Å²) in [6, 6.07) is 8.23. The summed E-state index contributed by atoms with van der Waals surface area (Å²) in [5, 5.41) is 6.83. The van der Waals surface area contributed by atoms with E-state index in [0.29, 0.717) is 12.1 Å². The van der Waals surface area contributed by atoms with E-state index >= 15 is 0 Å². The van der Waals surface area contributed by atoms with Crippen molar-refractivity contribution in [2.75, 3.05) is 13.6 Å². The number of benzene rings is 1. The van der Waals surface area contributed by atoms with E-state index in [1.165, 1.54) is 5.56 Å². The van der Waals surface area contributed by atoms with Crippen LogP contribution in [0.5, 0.6) is 0 Å². The van der Waals surface area contributed by atoms with Gasteiger partial charge in [-0.25, -0.2) is 0 Å². The molecule has 0 fully saturated rings. The predicted molar refractivity (Wildman–Crippen MR) is 99.1 cm³/mol. The lowest BCUT2D eigenvalue weighted by Gasteiger charge is -2.04. The minimum atomic E-state index is 0.000125. The summed E-state index contributed by atoms with van der Waals surface area (Å²) in [5.74, 6) is 5.49. The highest BCUT2D eigenvalue weighted by Gasteiger charge is 2.05. The highest BCUT2D eigenvalue weighted by Crippen LogP contribution is 2.05. The van der Waals surface area contributed by atoms with Crippen LogP contribution >= 0.6 is 0 Å². The Bertz CT molecular complexity index is 504. The zero-order chi connectivity index (χ0) is 17.7. The first kappa shape index (κ1) is 21.0. The van der Waals surface area contributed by atoms with Gasteiger partial charge in [-0.1, -0.05) is 52.0 Å². The summed E-state index contributed by atoms with van der Waals surface area (Å²) < 4.78 is 0. The molecular weight excluding hydrogens is 288 g/mol. The van der Waals surface area contributed by atoms with Crippen molar-refractivity contribution < 1.29 is 4.79 Å². The highest BCUT2D eigenvalue weighted by atomic mass is 16.1. The molecule has 23 heavy (non-hydrogen) atoms. The fourth-order valence-corrected chi connectivity index (χ4v) is 1.74. The van der Waals surface area contributed by atoms with E-state index in [-0.39, 0.29) is 18.2 Å². The minimum Gasteiger partial charge on any atom is -0.323 e. The molecule has 5 nitrogen and oxygen atoms in total. The smallest absolute Gasteiger partial charge is 0.156 e. The second-order valence-electron chi connectivity index (χ2n) is 5.23. The maximum atomic E-state index is 11.5. The van der Waals surface area contributed by atoms with E-state index in [9.17, 15) is 4.79 Å². The Balaban J connectivity index is 0.00000232. The second kappa shape index (κ2) is 12.5. The van der Waals surface area contributed by atoms with E-state index in [2.05, 4.69) is 27.5 Å². The number of rotatable bonds is 8. The van der Waals surface area contributed by atoms with E-state index in [4.69, 9.17) is 5.84 Å². The van der Waals surface area contributed by atoms with Crippen LogP contribution in [0.15, 0.2) is 34.4 Å². The molecule has 0 saturated heterocycles. The maximum Gasteiger partial charge on any atom is 0.156 e. The number of aliphatic imine (C=N–C) groups is 1. The molecule has 0 unspecified atom stereocenters. The number of Topliss-reactive ketones (excluding diaryl/α,β-unsaturated/α-hetero) is 1. The molecule has 0 aromatic heterocycles. The van der Waals surface area contributed by atoms with Crippen molar-refractivity contribution in [3.05, 3.63) is 35.4 Å².